The minimum absolute atomic E-state index is 0.297. The fraction of sp³-hybridized carbons (Fsp3) is 0.0714. The number of carbonyl (C=O) groups excluding carboxylic acids is 1. The quantitative estimate of drug-likeness (QED) is 0.733. The van der Waals surface area contributed by atoms with Crippen LogP contribution in [0.1, 0.15) is 5.56 Å². The van der Waals surface area contributed by atoms with Crippen LogP contribution >= 0.6 is 15.9 Å². The highest BCUT2D eigenvalue weighted by molar-refractivity contribution is 9.10. The van der Waals surface area contributed by atoms with Gasteiger partial charge in [-0.05, 0) is 64.8 Å². The van der Waals surface area contributed by atoms with Crippen LogP contribution in [0.2, 0.25) is 0 Å². The van der Waals surface area contributed by atoms with Crippen molar-refractivity contribution in [1.29, 1.82) is 0 Å². The van der Waals surface area contributed by atoms with Crippen LogP contribution in [-0.2, 0) is 0 Å². The smallest absolute Gasteiger partial charge is 0.323 e. The van der Waals surface area contributed by atoms with Crippen LogP contribution in [0.3, 0.4) is 0 Å². The second-order valence-electron chi connectivity index (χ2n) is 4.18. The van der Waals surface area contributed by atoms with Gasteiger partial charge in [-0.25, -0.2) is 4.79 Å². The molecule has 0 saturated carbocycles. The normalized spacial score (nSPS) is 10.0. The van der Waals surface area contributed by atoms with E-state index in [0.29, 0.717) is 11.4 Å². The van der Waals surface area contributed by atoms with E-state index in [9.17, 15) is 4.79 Å². The summed E-state index contributed by atoms with van der Waals surface area (Å²) >= 11 is 3.41. The van der Waals surface area contributed by atoms with Gasteiger partial charge in [0, 0.05) is 15.8 Å². The van der Waals surface area contributed by atoms with Crippen molar-refractivity contribution in [2.75, 3.05) is 16.4 Å². The van der Waals surface area contributed by atoms with E-state index in [1.165, 1.54) is 0 Å². The third-order valence-electron chi connectivity index (χ3n) is 2.54. The average molecular weight is 320 g/mol. The van der Waals surface area contributed by atoms with Crippen molar-refractivity contribution in [1.82, 2.24) is 0 Å². The summed E-state index contributed by atoms with van der Waals surface area (Å²) in [7, 11) is 0. The van der Waals surface area contributed by atoms with Gasteiger partial charge in [0.25, 0.3) is 0 Å². The van der Waals surface area contributed by atoms with Gasteiger partial charge >= 0.3 is 6.03 Å². The Balaban J connectivity index is 2.03. The zero-order valence-electron chi connectivity index (χ0n) is 10.4. The molecule has 0 aliphatic rings. The lowest BCUT2D eigenvalue weighted by Crippen LogP contribution is -2.19. The van der Waals surface area contributed by atoms with E-state index in [1.807, 2.05) is 25.1 Å². The molecule has 2 amide bonds. The molecule has 4 nitrogen and oxygen atoms in total. The molecule has 0 unspecified atom stereocenters. The van der Waals surface area contributed by atoms with Crippen molar-refractivity contribution >= 4 is 39.0 Å². The predicted molar refractivity (Wildman–Crippen MR) is 82.4 cm³/mol. The summed E-state index contributed by atoms with van der Waals surface area (Å²) in [5.74, 6) is 0. The molecular formula is C14H14BrN3O. The Hall–Kier alpha value is -2.01. The van der Waals surface area contributed by atoms with Crippen molar-refractivity contribution in [2.45, 2.75) is 6.92 Å². The first kappa shape index (κ1) is 13.4. The number of hydrogen-bond donors (Lipinski definition) is 3. The SMILES string of the molecule is Cc1ccc(NC(=O)Nc2ccc(N)cc2)c(Br)c1. The number of aryl methyl sites for hydroxylation is 1. The van der Waals surface area contributed by atoms with Crippen LogP contribution in [0, 0.1) is 6.92 Å². The summed E-state index contributed by atoms with van der Waals surface area (Å²) in [6, 6.07) is 12.4. The molecule has 0 aliphatic heterocycles. The lowest BCUT2D eigenvalue weighted by Gasteiger charge is -2.09. The number of carbonyl (C=O) groups is 1. The Bertz CT molecular complexity index is 596. The predicted octanol–water partition coefficient (Wildman–Crippen LogP) is 3.98. The number of urea groups is 1. The van der Waals surface area contributed by atoms with Gasteiger partial charge in [-0.1, -0.05) is 6.07 Å². The summed E-state index contributed by atoms with van der Waals surface area (Å²) < 4.78 is 0.847. The number of hydrogen-bond acceptors (Lipinski definition) is 2. The van der Waals surface area contributed by atoms with Crippen LogP contribution in [0.5, 0.6) is 0 Å². The fourth-order valence-corrected chi connectivity index (χ4v) is 2.16. The highest BCUT2D eigenvalue weighted by Crippen LogP contribution is 2.23. The first-order valence-electron chi connectivity index (χ1n) is 5.74. The maximum atomic E-state index is 11.8. The molecule has 5 heteroatoms. The number of nitrogens with two attached hydrogens (primary N) is 1. The summed E-state index contributed by atoms with van der Waals surface area (Å²) in [6.07, 6.45) is 0. The number of benzene rings is 2. The van der Waals surface area contributed by atoms with Gasteiger partial charge in [-0.15, -0.1) is 0 Å². The van der Waals surface area contributed by atoms with Gasteiger partial charge in [0.2, 0.25) is 0 Å². The molecule has 0 atom stereocenters. The van der Waals surface area contributed by atoms with Crippen molar-refractivity contribution in [2.24, 2.45) is 0 Å². The lowest BCUT2D eigenvalue weighted by molar-refractivity contribution is 0.262. The molecule has 0 spiro atoms. The number of anilines is 3. The Morgan fingerprint density at radius 3 is 2.42 bits per heavy atom. The van der Waals surface area contributed by atoms with Crippen molar-refractivity contribution in [3.8, 4) is 0 Å². The maximum Gasteiger partial charge on any atom is 0.323 e. The van der Waals surface area contributed by atoms with Gasteiger partial charge < -0.3 is 16.4 Å². The first-order chi connectivity index (χ1) is 9.04. The first-order valence-corrected chi connectivity index (χ1v) is 6.53. The summed E-state index contributed by atoms with van der Waals surface area (Å²) in [5.41, 5.74) is 8.77. The summed E-state index contributed by atoms with van der Waals surface area (Å²) in [5, 5.41) is 5.51. The monoisotopic (exact) mass is 319 g/mol. The molecule has 2 aromatic carbocycles. The average Bonchev–Trinajstić information content (AvgIpc) is 2.36. The molecule has 0 aromatic heterocycles. The van der Waals surface area contributed by atoms with Crippen LogP contribution in [-0.4, -0.2) is 6.03 Å². The van der Waals surface area contributed by atoms with Crippen molar-refractivity contribution in [3.63, 3.8) is 0 Å². The van der Waals surface area contributed by atoms with E-state index < -0.39 is 0 Å². The van der Waals surface area contributed by atoms with Gasteiger partial charge in [-0.3, -0.25) is 0 Å². The zero-order valence-corrected chi connectivity index (χ0v) is 12.0. The Morgan fingerprint density at radius 2 is 1.79 bits per heavy atom. The number of rotatable bonds is 2. The second kappa shape index (κ2) is 5.75. The van der Waals surface area contributed by atoms with Crippen LogP contribution < -0.4 is 16.4 Å². The molecule has 0 aliphatic carbocycles. The Labute approximate surface area is 120 Å². The molecule has 4 N–H and O–H groups in total. The third kappa shape index (κ3) is 3.72. The Morgan fingerprint density at radius 1 is 1.11 bits per heavy atom. The van der Waals surface area contributed by atoms with E-state index >= 15 is 0 Å². The molecular weight excluding hydrogens is 306 g/mol. The second-order valence-corrected chi connectivity index (χ2v) is 5.04. The van der Waals surface area contributed by atoms with E-state index in [4.69, 9.17) is 5.73 Å². The molecule has 2 rings (SSSR count). The molecule has 0 radical (unpaired) electrons. The molecule has 98 valence electrons. The standard InChI is InChI=1S/C14H14BrN3O/c1-9-2-7-13(12(15)8-9)18-14(19)17-11-5-3-10(16)4-6-11/h2-8H,16H2,1H3,(H2,17,18,19). The highest BCUT2D eigenvalue weighted by Gasteiger charge is 2.05. The van der Waals surface area contributed by atoms with Crippen molar-refractivity contribution < 1.29 is 4.79 Å². The number of nitrogen functional groups attached to an aromatic ring is 1. The summed E-state index contributed by atoms with van der Waals surface area (Å²) in [4.78, 5) is 11.8. The maximum absolute atomic E-state index is 11.8. The van der Waals surface area contributed by atoms with Gasteiger partial charge in [-0.2, -0.15) is 0 Å². The topological polar surface area (TPSA) is 67.2 Å². The molecule has 0 fully saturated rings. The van der Waals surface area contributed by atoms with Crippen LogP contribution in [0.25, 0.3) is 0 Å². The minimum atomic E-state index is -0.297. The Kier molecular flexibility index (Phi) is 4.06. The third-order valence-corrected chi connectivity index (χ3v) is 3.20. The molecule has 0 saturated heterocycles. The number of halogens is 1. The fourth-order valence-electron chi connectivity index (χ4n) is 1.57. The van der Waals surface area contributed by atoms with E-state index in [1.54, 1.807) is 24.3 Å². The minimum Gasteiger partial charge on any atom is -0.399 e. The van der Waals surface area contributed by atoms with E-state index in [0.717, 1.165) is 15.7 Å². The van der Waals surface area contributed by atoms with Crippen LogP contribution in [0.15, 0.2) is 46.9 Å². The molecule has 19 heavy (non-hydrogen) atoms. The molecule has 2 aromatic rings. The van der Waals surface area contributed by atoms with Crippen LogP contribution in [0.4, 0.5) is 21.9 Å². The van der Waals surface area contributed by atoms with Gasteiger partial charge in [0.15, 0.2) is 0 Å². The molecule has 0 heterocycles. The largest absolute Gasteiger partial charge is 0.399 e. The lowest BCUT2D eigenvalue weighted by atomic mass is 10.2. The van der Waals surface area contributed by atoms with E-state index in [2.05, 4.69) is 26.6 Å². The van der Waals surface area contributed by atoms with Gasteiger partial charge in [0.1, 0.15) is 0 Å². The van der Waals surface area contributed by atoms with Gasteiger partial charge in [0.05, 0.1) is 5.69 Å². The van der Waals surface area contributed by atoms with Crippen molar-refractivity contribution in [3.05, 3.63) is 52.5 Å². The number of nitrogens with one attached hydrogen (secondary N) is 2. The highest BCUT2D eigenvalue weighted by atomic mass is 79.9. The number of amides is 2. The molecule has 0 bridgehead atoms. The zero-order chi connectivity index (χ0) is 13.8. The van der Waals surface area contributed by atoms with E-state index in [-0.39, 0.29) is 6.03 Å². The summed E-state index contributed by atoms with van der Waals surface area (Å²) in [6.45, 7) is 1.99.